The molecule has 8 heteroatoms. The number of nitrogens with zero attached hydrogens (tertiary/aromatic N) is 3. The summed E-state index contributed by atoms with van der Waals surface area (Å²) in [5.74, 6) is 2.06. The van der Waals surface area contributed by atoms with E-state index in [-0.39, 0.29) is 5.56 Å². The number of hydrogen-bond acceptors (Lipinski definition) is 6. The Morgan fingerprint density at radius 3 is 2.62 bits per heavy atom. The number of ether oxygens (including phenoxy) is 2. The highest BCUT2D eigenvalue weighted by Gasteiger charge is 2.19. The van der Waals surface area contributed by atoms with E-state index in [9.17, 15) is 4.79 Å². The van der Waals surface area contributed by atoms with Crippen LogP contribution in [0.15, 0.2) is 52.4 Å². The summed E-state index contributed by atoms with van der Waals surface area (Å²) in [6.45, 7) is 3.29. The average Bonchev–Trinajstić information content (AvgIpc) is 3.47. The van der Waals surface area contributed by atoms with E-state index in [2.05, 4.69) is 9.88 Å². The van der Waals surface area contributed by atoms with Crippen LogP contribution in [0.1, 0.15) is 12.8 Å². The van der Waals surface area contributed by atoms with Crippen molar-refractivity contribution in [2.24, 2.45) is 0 Å². The molecule has 5 rings (SSSR count). The number of aromatic amines is 1. The minimum Gasteiger partial charge on any atom is -0.493 e. The largest absolute Gasteiger partial charge is 0.493 e. The molecule has 4 aromatic rings. The standard InChI is InChI=1S/C24H26N4O3S/c1-30-19-10-9-16(15-20(19)31-2)28-23(29)22-21(17-7-3-4-8-18(17)25-22)26-24(28)32-14-13-27-11-5-6-12-27/h3-4,7-10,15,25H,5-6,11-14H2,1-2H3. The number of benzene rings is 2. The topological polar surface area (TPSA) is 72.4 Å². The van der Waals surface area contributed by atoms with Crippen molar-refractivity contribution in [1.29, 1.82) is 0 Å². The molecule has 0 atom stereocenters. The normalized spacial score (nSPS) is 14.4. The molecule has 1 fully saturated rings. The van der Waals surface area contributed by atoms with Crippen molar-refractivity contribution in [1.82, 2.24) is 19.4 Å². The van der Waals surface area contributed by atoms with Crippen LogP contribution in [0.3, 0.4) is 0 Å². The molecule has 1 saturated heterocycles. The summed E-state index contributed by atoms with van der Waals surface area (Å²) in [6.07, 6.45) is 2.53. The molecule has 0 bridgehead atoms. The van der Waals surface area contributed by atoms with Gasteiger partial charge < -0.3 is 19.4 Å². The van der Waals surface area contributed by atoms with Crippen molar-refractivity contribution in [3.05, 3.63) is 52.8 Å². The summed E-state index contributed by atoms with van der Waals surface area (Å²) in [5, 5.41) is 1.64. The molecule has 2 aromatic carbocycles. The molecular formula is C24H26N4O3S. The number of nitrogens with one attached hydrogen (secondary N) is 1. The second-order valence-corrected chi connectivity index (χ2v) is 8.93. The number of thioether (sulfide) groups is 1. The van der Waals surface area contributed by atoms with E-state index in [0.717, 1.165) is 36.3 Å². The quantitative estimate of drug-likeness (QED) is 0.338. The van der Waals surface area contributed by atoms with Gasteiger partial charge in [-0.2, -0.15) is 0 Å². The summed E-state index contributed by atoms with van der Waals surface area (Å²) in [4.78, 5) is 24.4. The van der Waals surface area contributed by atoms with Gasteiger partial charge in [0.05, 0.1) is 19.9 Å². The predicted octanol–water partition coefficient (Wildman–Crippen LogP) is 4.07. The number of para-hydroxylation sites is 1. The number of likely N-dealkylation sites (tertiary alicyclic amines) is 1. The fourth-order valence-corrected chi connectivity index (χ4v) is 5.31. The minimum atomic E-state index is -0.123. The molecule has 0 spiro atoms. The van der Waals surface area contributed by atoms with E-state index >= 15 is 0 Å². The number of fused-ring (bicyclic) bond motifs is 3. The van der Waals surface area contributed by atoms with E-state index in [1.165, 1.54) is 12.8 Å². The Morgan fingerprint density at radius 1 is 1.06 bits per heavy atom. The molecule has 7 nitrogen and oxygen atoms in total. The zero-order chi connectivity index (χ0) is 22.1. The number of aromatic nitrogens is 3. The molecular weight excluding hydrogens is 424 g/mol. The lowest BCUT2D eigenvalue weighted by Gasteiger charge is -2.16. The van der Waals surface area contributed by atoms with E-state index in [1.54, 1.807) is 30.5 Å². The van der Waals surface area contributed by atoms with Crippen LogP contribution in [0, 0.1) is 0 Å². The lowest BCUT2D eigenvalue weighted by atomic mass is 10.2. The van der Waals surface area contributed by atoms with Gasteiger partial charge in [0.2, 0.25) is 0 Å². The fourth-order valence-electron chi connectivity index (χ4n) is 4.30. The molecule has 166 valence electrons. The predicted molar refractivity (Wildman–Crippen MR) is 129 cm³/mol. The zero-order valence-corrected chi connectivity index (χ0v) is 19.1. The maximum atomic E-state index is 13.7. The monoisotopic (exact) mass is 450 g/mol. The molecule has 0 aliphatic carbocycles. The first-order valence-electron chi connectivity index (χ1n) is 10.8. The molecule has 3 heterocycles. The van der Waals surface area contributed by atoms with Crippen molar-refractivity contribution >= 4 is 33.7 Å². The highest BCUT2D eigenvalue weighted by atomic mass is 32.2. The van der Waals surface area contributed by atoms with Crippen LogP contribution >= 0.6 is 11.8 Å². The summed E-state index contributed by atoms with van der Waals surface area (Å²) in [6, 6.07) is 13.4. The van der Waals surface area contributed by atoms with Crippen molar-refractivity contribution in [3.63, 3.8) is 0 Å². The Labute approximate surface area is 190 Å². The Morgan fingerprint density at radius 2 is 1.84 bits per heavy atom. The van der Waals surface area contributed by atoms with Gasteiger partial charge in [-0.15, -0.1) is 0 Å². The second-order valence-electron chi connectivity index (χ2n) is 7.87. The van der Waals surface area contributed by atoms with Crippen molar-refractivity contribution in [2.45, 2.75) is 18.0 Å². The first kappa shape index (κ1) is 20.9. The molecule has 0 radical (unpaired) electrons. The third kappa shape index (κ3) is 3.73. The van der Waals surface area contributed by atoms with Gasteiger partial charge in [-0.3, -0.25) is 9.36 Å². The fraction of sp³-hybridized carbons (Fsp3) is 0.333. The van der Waals surface area contributed by atoms with Crippen LogP contribution < -0.4 is 15.0 Å². The SMILES string of the molecule is COc1ccc(-n2c(SCCN3CCCC3)nc3c([nH]c4ccccc43)c2=O)cc1OC. The van der Waals surface area contributed by atoms with E-state index in [1.807, 2.05) is 42.5 Å². The summed E-state index contributed by atoms with van der Waals surface area (Å²) in [7, 11) is 3.19. The van der Waals surface area contributed by atoms with Crippen molar-refractivity contribution < 1.29 is 9.47 Å². The number of rotatable bonds is 7. The lowest BCUT2D eigenvalue weighted by molar-refractivity contribution is 0.354. The van der Waals surface area contributed by atoms with Crippen molar-refractivity contribution in [3.8, 4) is 17.2 Å². The molecule has 1 N–H and O–H groups in total. The molecule has 0 saturated carbocycles. The summed E-state index contributed by atoms with van der Waals surface area (Å²) >= 11 is 1.62. The van der Waals surface area contributed by atoms with Crippen LogP contribution in [-0.2, 0) is 0 Å². The van der Waals surface area contributed by atoms with E-state index < -0.39 is 0 Å². The third-order valence-corrected chi connectivity index (χ3v) is 6.88. The van der Waals surface area contributed by atoms with E-state index in [0.29, 0.717) is 33.4 Å². The molecule has 2 aromatic heterocycles. The van der Waals surface area contributed by atoms with Gasteiger partial charge in [-0.1, -0.05) is 30.0 Å². The average molecular weight is 451 g/mol. The summed E-state index contributed by atoms with van der Waals surface area (Å²) in [5.41, 5.74) is 2.70. The van der Waals surface area contributed by atoms with Gasteiger partial charge in [-0.05, 0) is 44.1 Å². The maximum absolute atomic E-state index is 13.7. The highest BCUT2D eigenvalue weighted by Crippen LogP contribution is 2.31. The number of methoxy groups -OCH3 is 2. The van der Waals surface area contributed by atoms with Crippen LogP contribution in [-0.4, -0.2) is 59.0 Å². The Bertz CT molecular complexity index is 1320. The van der Waals surface area contributed by atoms with Crippen LogP contribution in [0.2, 0.25) is 0 Å². The highest BCUT2D eigenvalue weighted by molar-refractivity contribution is 7.99. The number of H-pyrrole nitrogens is 1. The smallest absolute Gasteiger partial charge is 0.283 e. The van der Waals surface area contributed by atoms with Crippen LogP contribution in [0.25, 0.3) is 27.6 Å². The van der Waals surface area contributed by atoms with Gasteiger partial charge in [0.15, 0.2) is 16.7 Å². The molecule has 32 heavy (non-hydrogen) atoms. The summed E-state index contributed by atoms with van der Waals surface area (Å²) < 4.78 is 12.5. The number of hydrogen-bond donors (Lipinski definition) is 1. The third-order valence-electron chi connectivity index (χ3n) is 5.96. The Hall–Kier alpha value is -2.97. The molecule has 1 aliphatic heterocycles. The zero-order valence-electron chi connectivity index (χ0n) is 18.3. The first-order chi connectivity index (χ1) is 15.7. The van der Waals surface area contributed by atoms with Gasteiger partial charge in [-0.25, -0.2) is 4.98 Å². The Kier molecular flexibility index (Phi) is 5.80. The van der Waals surface area contributed by atoms with Crippen LogP contribution in [0.4, 0.5) is 0 Å². The van der Waals surface area contributed by atoms with Crippen LogP contribution in [0.5, 0.6) is 11.5 Å². The van der Waals surface area contributed by atoms with Gasteiger partial charge in [0.1, 0.15) is 11.0 Å². The van der Waals surface area contributed by atoms with E-state index in [4.69, 9.17) is 14.5 Å². The molecule has 1 aliphatic rings. The lowest BCUT2D eigenvalue weighted by Crippen LogP contribution is -2.24. The molecule has 0 amide bonds. The molecule has 0 unspecified atom stereocenters. The van der Waals surface area contributed by atoms with Gasteiger partial charge in [0.25, 0.3) is 5.56 Å². The first-order valence-corrected chi connectivity index (χ1v) is 11.8. The minimum absolute atomic E-state index is 0.123. The van der Waals surface area contributed by atoms with Gasteiger partial charge >= 0.3 is 0 Å². The second kappa shape index (κ2) is 8.88. The van der Waals surface area contributed by atoms with Gasteiger partial charge in [0, 0.05) is 29.3 Å². The maximum Gasteiger partial charge on any atom is 0.283 e. The van der Waals surface area contributed by atoms with Crippen molar-refractivity contribution in [2.75, 3.05) is 39.6 Å². The Balaban J connectivity index is 1.64.